The molecule has 0 aliphatic heterocycles. The van der Waals surface area contributed by atoms with E-state index in [2.05, 4.69) is 10.6 Å². The molecule has 1 saturated carbocycles. The van der Waals surface area contributed by atoms with E-state index in [1.807, 2.05) is 0 Å². The number of anilines is 1. The van der Waals surface area contributed by atoms with Crippen molar-refractivity contribution in [3.8, 4) is 0 Å². The van der Waals surface area contributed by atoms with Gasteiger partial charge in [-0.2, -0.15) is 0 Å². The second kappa shape index (κ2) is 7.82. The summed E-state index contributed by atoms with van der Waals surface area (Å²) in [6, 6.07) is 13.4. The Kier molecular flexibility index (Phi) is 5.31. The number of hydrogen-bond acceptors (Lipinski definition) is 3. The Hall–Kier alpha value is -3.15. The Labute approximate surface area is 151 Å². The minimum atomic E-state index is -0.960. The van der Waals surface area contributed by atoms with E-state index in [0.29, 0.717) is 24.2 Å². The summed E-state index contributed by atoms with van der Waals surface area (Å²) in [6.07, 6.45) is 2.46. The normalized spacial score (nSPS) is 13.1. The summed E-state index contributed by atoms with van der Waals surface area (Å²) >= 11 is 0. The number of nitrogens with one attached hydrogen (secondary N) is 2. The molecule has 1 aliphatic carbocycles. The van der Waals surface area contributed by atoms with Gasteiger partial charge in [0.05, 0.1) is 5.56 Å². The molecule has 0 radical (unpaired) electrons. The molecule has 1 fully saturated rings. The predicted molar refractivity (Wildman–Crippen MR) is 97.2 cm³/mol. The van der Waals surface area contributed by atoms with Gasteiger partial charge in [-0.25, -0.2) is 4.79 Å². The van der Waals surface area contributed by atoms with Gasteiger partial charge in [0.1, 0.15) is 0 Å². The summed E-state index contributed by atoms with van der Waals surface area (Å²) in [5.74, 6) is -1.06. The van der Waals surface area contributed by atoms with Crippen molar-refractivity contribution in [2.75, 3.05) is 11.9 Å². The lowest BCUT2D eigenvalue weighted by molar-refractivity contribution is -0.117. The Balaban J connectivity index is 1.51. The van der Waals surface area contributed by atoms with Crippen LogP contribution in [0.3, 0.4) is 0 Å². The SMILES string of the molecule is O=C(O)c1ccc(CCNC(=O)c2cccc(NC(=O)C3CC3)c2)cc1. The highest BCUT2D eigenvalue weighted by Gasteiger charge is 2.29. The van der Waals surface area contributed by atoms with Gasteiger partial charge < -0.3 is 15.7 Å². The Bertz CT molecular complexity index is 826. The number of hydrogen-bond donors (Lipinski definition) is 3. The summed E-state index contributed by atoms with van der Waals surface area (Å²) in [5, 5.41) is 14.5. The molecule has 0 spiro atoms. The van der Waals surface area contributed by atoms with E-state index in [4.69, 9.17) is 5.11 Å². The number of carboxylic acid groups (broad SMARTS) is 1. The fraction of sp³-hybridized carbons (Fsp3) is 0.250. The molecule has 0 heterocycles. The molecule has 2 aromatic carbocycles. The molecule has 1 aliphatic rings. The van der Waals surface area contributed by atoms with Crippen LogP contribution in [0.25, 0.3) is 0 Å². The lowest BCUT2D eigenvalue weighted by atomic mass is 10.1. The molecular formula is C20H20N2O4. The van der Waals surface area contributed by atoms with Crippen molar-refractivity contribution in [1.82, 2.24) is 5.32 Å². The molecule has 6 heteroatoms. The molecule has 3 rings (SSSR count). The Morgan fingerprint density at radius 3 is 2.38 bits per heavy atom. The first-order valence-electron chi connectivity index (χ1n) is 8.54. The van der Waals surface area contributed by atoms with E-state index in [1.165, 1.54) is 0 Å². The van der Waals surface area contributed by atoms with Crippen LogP contribution in [-0.2, 0) is 11.2 Å². The molecule has 0 unspecified atom stereocenters. The van der Waals surface area contributed by atoms with Crippen LogP contribution in [0.2, 0.25) is 0 Å². The Morgan fingerprint density at radius 1 is 1.00 bits per heavy atom. The van der Waals surface area contributed by atoms with Gasteiger partial charge in [0.25, 0.3) is 5.91 Å². The second-order valence-corrected chi connectivity index (χ2v) is 6.35. The van der Waals surface area contributed by atoms with Crippen molar-refractivity contribution in [2.24, 2.45) is 5.92 Å². The van der Waals surface area contributed by atoms with E-state index in [9.17, 15) is 14.4 Å². The molecule has 134 valence electrons. The smallest absolute Gasteiger partial charge is 0.335 e. The quantitative estimate of drug-likeness (QED) is 0.714. The zero-order valence-corrected chi connectivity index (χ0v) is 14.2. The second-order valence-electron chi connectivity index (χ2n) is 6.35. The van der Waals surface area contributed by atoms with Crippen LogP contribution in [0.15, 0.2) is 48.5 Å². The van der Waals surface area contributed by atoms with Crippen molar-refractivity contribution in [2.45, 2.75) is 19.3 Å². The van der Waals surface area contributed by atoms with E-state index in [-0.39, 0.29) is 23.3 Å². The zero-order valence-electron chi connectivity index (χ0n) is 14.2. The topological polar surface area (TPSA) is 95.5 Å². The van der Waals surface area contributed by atoms with E-state index in [1.54, 1.807) is 48.5 Å². The number of carbonyl (C=O) groups is 3. The molecule has 0 bridgehead atoms. The van der Waals surface area contributed by atoms with Crippen LogP contribution in [-0.4, -0.2) is 29.4 Å². The highest BCUT2D eigenvalue weighted by atomic mass is 16.4. The van der Waals surface area contributed by atoms with Crippen LogP contribution in [0.5, 0.6) is 0 Å². The number of amides is 2. The number of benzene rings is 2. The molecule has 6 nitrogen and oxygen atoms in total. The van der Waals surface area contributed by atoms with Crippen LogP contribution in [0.4, 0.5) is 5.69 Å². The molecule has 0 saturated heterocycles. The number of aromatic carboxylic acids is 1. The molecule has 2 amide bonds. The maximum absolute atomic E-state index is 12.3. The summed E-state index contributed by atoms with van der Waals surface area (Å²) in [5.41, 5.74) is 2.29. The third kappa shape index (κ3) is 4.69. The summed E-state index contributed by atoms with van der Waals surface area (Å²) in [6.45, 7) is 0.434. The van der Waals surface area contributed by atoms with Gasteiger partial charge in [0.15, 0.2) is 0 Å². The van der Waals surface area contributed by atoms with Crippen molar-refractivity contribution < 1.29 is 19.5 Å². The minimum Gasteiger partial charge on any atom is -0.478 e. The Morgan fingerprint density at radius 2 is 1.73 bits per heavy atom. The molecule has 0 atom stereocenters. The van der Waals surface area contributed by atoms with Crippen LogP contribution >= 0.6 is 0 Å². The van der Waals surface area contributed by atoms with Crippen LogP contribution in [0.1, 0.15) is 39.1 Å². The molecule has 26 heavy (non-hydrogen) atoms. The maximum atomic E-state index is 12.3. The fourth-order valence-electron chi connectivity index (χ4n) is 2.56. The summed E-state index contributed by atoms with van der Waals surface area (Å²) < 4.78 is 0. The average molecular weight is 352 g/mol. The lowest BCUT2D eigenvalue weighted by Crippen LogP contribution is -2.25. The van der Waals surface area contributed by atoms with Gasteiger partial charge in [-0.3, -0.25) is 9.59 Å². The highest BCUT2D eigenvalue weighted by Crippen LogP contribution is 2.30. The third-order valence-corrected chi connectivity index (χ3v) is 4.24. The molecule has 2 aromatic rings. The monoisotopic (exact) mass is 352 g/mol. The summed E-state index contributed by atoms with van der Waals surface area (Å²) in [7, 11) is 0. The first-order valence-corrected chi connectivity index (χ1v) is 8.54. The number of carbonyl (C=O) groups excluding carboxylic acids is 2. The highest BCUT2D eigenvalue weighted by molar-refractivity contribution is 5.98. The largest absolute Gasteiger partial charge is 0.478 e. The van der Waals surface area contributed by atoms with E-state index in [0.717, 1.165) is 18.4 Å². The standard InChI is InChI=1S/C20H20N2O4/c23-18(21-11-10-13-4-6-15(7-5-13)20(25)26)16-2-1-3-17(12-16)22-19(24)14-8-9-14/h1-7,12,14H,8-11H2,(H,21,23)(H,22,24)(H,25,26). The molecule has 3 N–H and O–H groups in total. The van der Waals surface area contributed by atoms with Crippen molar-refractivity contribution in [1.29, 1.82) is 0 Å². The van der Waals surface area contributed by atoms with Gasteiger partial charge in [-0.15, -0.1) is 0 Å². The van der Waals surface area contributed by atoms with Gasteiger partial charge in [0, 0.05) is 23.7 Å². The van der Waals surface area contributed by atoms with Crippen LogP contribution in [0, 0.1) is 5.92 Å². The number of carboxylic acids is 1. The third-order valence-electron chi connectivity index (χ3n) is 4.24. The van der Waals surface area contributed by atoms with Crippen molar-refractivity contribution in [3.05, 3.63) is 65.2 Å². The first kappa shape index (κ1) is 17.7. The van der Waals surface area contributed by atoms with E-state index >= 15 is 0 Å². The van der Waals surface area contributed by atoms with Gasteiger partial charge in [0.2, 0.25) is 5.91 Å². The van der Waals surface area contributed by atoms with Gasteiger partial charge in [-0.1, -0.05) is 18.2 Å². The molecule has 0 aromatic heterocycles. The average Bonchev–Trinajstić information content (AvgIpc) is 3.47. The minimum absolute atomic E-state index is 0.00682. The zero-order chi connectivity index (χ0) is 18.5. The molecular weight excluding hydrogens is 332 g/mol. The maximum Gasteiger partial charge on any atom is 0.335 e. The summed E-state index contributed by atoms with van der Waals surface area (Å²) in [4.78, 5) is 34.9. The van der Waals surface area contributed by atoms with Crippen molar-refractivity contribution in [3.63, 3.8) is 0 Å². The first-order chi connectivity index (χ1) is 12.5. The van der Waals surface area contributed by atoms with Gasteiger partial charge in [-0.05, 0) is 55.2 Å². The number of rotatable bonds is 7. The van der Waals surface area contributed by atoms with Crippen LogP contribution < -0.4 is 10.6 Å². The van der Waals surface area contributed by atoms with Crippen molar-refractivity contribution >= 4 is 23.5 Å². The fourth-order valence-corrected chi connectivity index (χ4v) is 2.56. The van der Waals surface area contributed by atoms with Gasteiger partial charge >= 0.3 is 5.97 Å². The lowest BCUT2D eigenvalue weighted by Gasteiger charge is -2.08. The van der Waals surface area contributed by atoms with E-state index < -0.39 is 5.97 Å². The predicted octanol–water partition coefficient (Wildman–Crippen LogP) is 2.71.